The van der Waals surface area contributed by atoms with Crippen molar-refractivity contribution < 1.29 is 23.9 Å². The van der Waals surface area contributed by atoms with Gasteiger partial charge >= 0.3 is 0 Å². The molecule has 3 fully saturated rings. The van der Waals surface area contributed by atoms with E-state index in [-0.39, 0.29) is 36.7 Å². The van der Waals surface area contributed by atoms with Gasteiger partial charge in [-0.25, -0.2) is 9.37 Å². The number of hydrogen-bond donors (Lipinski definition) is 3. The summed E-state index contributed by atoms with van der Waals surface area (Å²) in [7, 11) is 1.84. The number of aliphatic hydroxyl groups excluding tert-OH is 1. The predicted molar refractivity (Wildman–Crippen MR) is 249 cm³/mol. The van der Waals surface area contributed by atoms with E-state index in [1.807, 2.05) is 41.6 Å². The van der Waals surface area contributed by atoms with Crippen LogP contribution in [-0.4, -0.2) is 141 Å². The fourth-order valence-electron chi connectivity index (χ4n) is 9.62. The first-order chi connectivity index (χ1) is 31.6. The van der Waals surface area contributed by atoms with Crippen LogP contribution in [0.5, 0.6) is 0 Å². The Morgan fingerprint density at radius 3 is 2.40 bits per heavy atom. The van der Waals surface area contributed by atoms with Gasteiger partial charge in [-0.05, 0) is 92.7 Å². The summed E-state index contributed by atoms with van der Waals surface area (Å²) in [4.78, 5) is 51.5. The molecule has 0 radical (unpaired) electrons. The number of unbranched alkanes of at least 4 members (excludes halogenated alkanes) is 2. The maximum atomic E-state index is 14.0. The first kappa shape index (κ1) is 44.0. The minimum absolute atomic E-state index is 0.0680. The zero-order valence-corrected chi connectivity index (χ0v) is 37.3. The molecule has 0 bridgehead atoms. The van der Waals surface area contributed by atoms with Gasteiger partial charge in [0.1, 0.15) is 11.6 Å². The maximum absolute atomic E-state index is 14.0. The number of aryl methyl sites for hydroxylation is 3. The molecule has 0 saturated carbocycles. The molecule has 3 aromatic carbocycles. The number of carbonyl (C=O) groups is 3. The van der Waals surface area contributed by atoms with Crippen molar-refractivity contribution in [2.45, 2.75) is 51.4 Å². The van der Waals surface area contributed by atoms with Crippen molar-refractivity contribution in [3.8, 4) is 22.4 Å². The van der Waals surface area contributed by atoms with Gasteiger partial charge in [0.2, 0.25) is 17.7 Å². The number of nitrogens with zero attached hydrogens (tertiary/aromatic N) is 9. The first-order valence-electron chi connectivity index (χ1n) is 23.0. The van der Waals surface area contributed by atoms with Gasteiger partial charge < -0.3 is 20.2 Å². The fraction of sp³-hybridized carbons (Fsp3) is 0.429. The Balaban J connectivity index is 0.762. The molecule has 3 aliphatic rings. The smallest absolute Gasteiger partial charge is 0.241 e. The van der Waals surface area contributed by atoms with E-state index < -0.39 is 5.92 Å². The number of carbonyl (C=O) groups excluding carboxylic acids is 3. The van der Waals surface area contributed by atoms with Crippen molar-refractivity contribution in [2.75, 3.05) is 88.8 Å². The number of amides is 3. The number of fused-ring (bicyclic) bond motifs is 2. The van der Waals surface area contributed by atoms with E-state index in [0.29, 0.717) is 38.2 Å². The van der Waals surface area contributed by atoms with Crippen molar-refractivity contribution in [1.82, 2.24) is 44.4 Å². The molecule has 6 heterocycles. The number of hydrogen-bond acceptors (Lipinski definition) is 11. The zero-order chi connectivity index (χ0) is 45.0. The van der Waals surface area contributed by atoms with Crippen molar-refractivity contribution in [2.24, 2.45) is 7.05 Å². The van der Waals surface area contributed by atoms with Gasteiger partial charge in [-0.3, -0.25) is 34.2 Å². The number of aliphatic hydroxyl groups is 1. The van der Waals surface area contributed by atoms with Gasteiger partial charge in [-0.2, -0.15) is 14.7 Å². The van der Waals surface area contributed by atoms with Gasteiger partial charge in [0.15, 0.2) is 5.65 Å². The zero-order valence-electron chi connectivity index (χ0n) is 37.3. The topological polar surface area (TPSA) is 156 Å². The Bertz CT molecular complexity index is 2680. The molecule has 65 heavy (non-hydrogen) atoms. The molecule has 6 aromatic rings. The second kappa shape index (κ2) is 19.5. The van der Waals surface area contributed by atoms with Crippen LogP contribution in [-0.2, 0) is 27.9 Å². The quantitative estimate of drug-likeness (QED) is 0.0943. The summed E-state index contributed by atoms with van der Waals surface area (Å²) in [5.74, 6) is -0.278. The number of imide groups is 1. The summed E-state index contributed by atoms with van der Waals surface area (Å²) in [6, 6.07) is 23.1. The summed E-state index contributed by atoms with van der Waals surface area (Å²) in [6.45, 7) is 10.5. The van der Waals surface area contributed by atoms with E-state index in [1.165, 1.54) is 17.7 Å². The van der Waals surface area contributed by atoms with E-state index >= 15 is 0 Å². The lowest BCUT2D eigenvalue weighted by atomic mass is 9.93. The van der Waals surface area contributed by atoms with E-state index in [0.717, 1.165) is 128 Å². The molecule has 3 aliphatic heterocycles. The highest BCUT2D eigenvalue weighted by Crippen LogP contribution is 2.35. The van der Waals surface area contributed by atoms with Gasteiger partial charge in [0, 0.05) is 101 Å². The Morgan fingerprint density at radius 2 is 1.63 bits per heavy atom. The number of benzene rings is 3. The molecular weight excluding hydrogens is 826 g/mol. The summed E-state index contributed by atoms with van der Waals surface area (Å²) in [6.07, 6.45) is 4.98. The highest BCUT2D eigenvalue weighted by atomic mass is 19.1. The van der Waals surface area contributed by atoms with Crippen LogP contribution in [0, 0.1) is 12.7 Å². The Labute approximate surface area is 378 Å². The number of piperazine rings is 2. The molecular formula is C49H58FN11O4. The van der Waals surface area contributed by atoms with Crippen molar-refractivity contribution in [1.29, 1.82) is 0 Å². The average molecular weight is 884 g/mol. The van der Waals surface area contributed by atoms with Crippen LogP contribution in [0.25, 0.3) is 38.9 Å². The third-order valence-corrected chi connectivity index (χ3v) is 13.3. The van der Waals surface area contributed by atoms with E-state index in [2.05, 4.69) is 60.8 Å². The molecule has 15 nitrogen and oxygen atoms in total. The number of piperidine rings is 1. The second-order valence-corrected chi connectivity index (χ2v) is 17.6. The molecule has 340 valence electrons. The van der Waals surface area contributed by atoms with Gasteiger partial charge in [-0.1, -0.05) is 30.7 Å². The van der Waals surface area contributed by atoms with Crippen LogP contribution >= 0.6 is 0 Å². The number of rotatable bonds is 15. The van der Waals surface area contributed by atoms with Crippen LogP contribution in [0.2, 0.25) is 0 Å². The highest BCUT2D eigenvalue weighted by molar-refractivity contribution is 6.02. The largest absolute Gasteiger partial charge is 0.395 e. The molecule has 0 spiro atoms. The van der Waals surface area contributed by atoms with Crippen LogP contribution in [0.15, 0.2) is 72.8 Å². The summed E-state index contributed by atoms with van der Waals surface area (Å²) >= 11 is 0. The van der Waals surface area contributed by atoms with Gasteiger partial charge in [-0.15, -0.1) is 0 Å². The van der Waals surface area contributed by atoms with Gasteiger partial charge in [0.05, 0.1) is 41.7 Å². The Hall–Kier alpha value is -6.23. The lowest BCUT2D eigenvalue weighted by Gasteiger charge is -2.35. The lowest BCUT2D eigenvalue weighted by molar-refractivity contribution is -0.134. The molecule has 3 saturated heterocycles. The van der Waals surface area contributed by atoms with E-state index in [9.17, 15) is 23.9 Å². The van der Waals surface area contributed by atoms with E-state index in [4.69, 9.17) is 10.1 Å². The van der Waals surface area contributed by atoms with E-state index in [1.54, 1.807) is 16.8 Å². The van der Waals surface area contributed by atoms with Crippen molar-refractivity contribution in [3.05, 3.63) is 95.6 Å². The van der Waals surface area contributed by atoms with Crippen LogP contribution < -0.4 is 15.5 Å². The summed E-state index contributed by atoms with van der Waals surface area (Å²) in [5, 5.41) is 25.7. The first-order valence-corrected chi connectivity index (χ1v) is 23.0. The summed E-state index contributed by atoms with van der Waals surface area (Å²) < 4.78 is 17.7. The van der Waals surface area contributed by atoms with Crippen molar-refractivity contribution in [3.63, 3.8) is 0 Å². The van der Waals surface area contributed by atoms with Crippen molar-refractivity contribution >= 4 is 45.8 Å². The normalized spacial score (nSPS) is 17.6. The molecule has 3 aromatic heterocycles. The monoisotopic (exact) mass is 883 g/mol. The number of β-amino-alcohol motifs (C(OH)–C–C–N with tert-alkyl or cyclic N) is 1. The number of nitrogens with one attached hydrogen (secondary N) is 2. The lowest BCUT2D eigenvalue weighted by Crippen LogP contribution is -2.50. The molecule has 16 heteroatoms. The molecule has 3 N–H and O–H groups in total. The molecule has 0 aliphatic carbocycles. The number of anilines is 2. The number of aromatic nitrogens is 5. The number of halogens is 1. The minimum Gasteiger partial charge on any atom is -0.395 e. The predicted octanol–water partition coefficient (Wildman–Crippen LogP) is 5.00. The third-order valence-electron chi connectivity index (χ3n) is 13.3. The Morgan fingerprint density at radius 1 is 0.862 bits per heavy atom. The Kier molecular flexibility index (Phi) is 13.2. The third kappa shape index (κ3) is 9.75. The fourth-order valence-corrected chi connectivity index (χ4v) is 9.62. The maximum Gasteiger partial charge on any atom is 0.241 e. The SMILES string of the molecule is Cc1nn2c(N3CCN(CCO)CC3)cc(-c3ccc(F)cc3)nc2c1-c1cccc(CCCCCN2CCN(C(=O)CNc3ccc4c(C5CCC(=O)NC5=O)nn(C)c4c3)CC2)c1. The second-order valence-electron chi connectivity index (χ2n) is 17.6. The molecule has 1 atom stereocenters. The molecule has 1 unspecified atom stereocenters. The van der Waals surface area contributed by atoms with Crippen LogP contribution in [0.3, 0.4) is 0 Å². The summed E-state index contributed by atoms with van der Waals surface area (Å²) in [5.41, 5.74) is 8.98. The molecule has 3 amide bonds. The molecule has 9 rings (SSSR count). The highest BCUT2D eigenvalue weighted by Gasteiger charge is 2.32. The van der Waals surface area contributed by atoms with Crippen LogP contribution in [0.4, 0.5) is 15.9 Å². The minimum atomic E-state index is -0.462. The average Bonchev–Trinajstić information content (AvgIpc) is 3.83. The van der Waals surface area contributed by atoms with Gasteiger partial charge in [0.25, 0.3) is 0 Å². The standard InChI is InChI=1S/C49H58FN11O4/c1-33-46(48-52-41(35-10-12-37(50)13-11-35)31-44(61(48)54-33)59-23-19-58(20-24-59)27-28-62)36-9-6-8-34(29-36)7-4-3-5-18-57-21-25-60(26-22-57)45(64)32-51-38-14-15-39-42(30-38)56(2)55-47(39)40-16-17-43(63)53-49(40)65/h6,8-15,29-31,40,51,62H,3-5,7,16-28,32H2,1-2H3,(H,53,63,65). The van der Waals surface area contributed by atoms with Crippen LogP contribution in [0.1, 0.15) is 55.0 Å².